The van der Waals surface area contributed by atoms with Crippen molar-refractivity contribution in [1.29, 1.82) is 0 Å². The number of hydrogen-bond acceptors (Lipinski definition) is 3. The van der Waals surface area contributed by atoms with Gasteiger partial charge in [-0.15, -0.1) is 12.4 Å². The van der Waals surface area contributed by atoms with Crippen LogP contribution < -0.4 is 5.73 Å². The molecule has 0 saturated carbocycles. The number of ether oxygens (including phenoxy) is 1. The number of halogens is 1. The van der Waals surface area contributed by atoms with E-state index in [4.69, 9.17) is 10.5 Å². The third kappa shape index (κ3) is 6.22. The molecule has 0 aliphatic rings. The van der Waals surface area contributed by atoms with Crippen LogP contribution in [0.4, 0.5) is 0 Å². The fourth-order valence-corrected chi connectivity index (χ4v) is 1.02. The molecule has 0 amide bonds. The van der Waals surface area contributed by atoms with Gasteiger partial charge >= 0.3 is 5.97 Å². The van der Waals surface area contributed by atoms with Crippen molar-refractivity contribution in [3.63, 3.8) is 0 Å². The smallest absolute Gasteiger partial charge is 0.326 e. The number of rotatable bonds is 3. The minimum atomic E-state index is -0.845. The van der Waals surface area contributed by atoms with Gasteiger partial charge in [-0.05, 0) is 34.1 Å². The molecule has 2 N–H and O–H groups in total. The quantitative estimate of drug-likeness (QED) is 0.747. The first-order valence-electron chi connectivity index (χ1n) is 4.71. The standard InChI is InChI=1S/C10H21NO2.ClH/c1-6-7-10(5,11)8(12)13-9(2,3)4;/h6-7,11H2,1-5H3;1H/t10-;/m1./s1. The normalized spacial score (nSPS) is 15.3. The lowest BCUT2D eigenvalue weighted by molar-refractivity contribution is -0.161. The Morgan fingerprint density at radius 2 is 1.71 bits per heavy atom. The highest BCUT2D eigenvalue weighted by Crippen LogP contribution is 2.16. The third-order valence-corrected chi connectivity index (χ3v) is 1.63. The van der Waals surface area contributed by atoms with Gasteiger partial charge in [-0.3, -0.25) is 4.79 Å². The van der Waals surface area contributed by atoms with Crippen molar-refractivity contribution in [3.05, 3.63) is 0 Å². The van der Waals surface area contributed by atoms with Crippen LogP contribution in [0.3, 0.4) is 0 Å². The number of hydrogen-bond donors (Lipinski definition) is 1. The van der Waals surface area contributed by atoms with Crippen LogP contribution in [0.5, 0.6) is 0 Å². The highest BCUT2D eigenvalue weighted by molar-refractivity contribution is 5.85. The van der Waals surface area contributed by atoms with Crippen molar-refractivity contribution in [1.82, 2.24) is 0 Å². The maximum Gasteiger partial charge on any atom is 0.326 e. The van der Waals surface area contributed by atoms with E-state index >= 15 is 0 Å². The molecule has 0 radical (unpaired) electrons. The van der Waals surface area contributed by atoms with Crippen molar-refractivity contribution >= 4 is 18.4 Å². The van der Waals surface area contributed by atoms with E-state index < -0.39 is 11.1 Å². The van der Waals surface area contributed by atoms with Gasteiger partial charge in [0, 0.05) is 0 Å². The molecule has 3 nitrogen and oxygen atoms in total. The molecule has 0 bridgehead atoms. The molecule has 0 aromatic carbocycles. The zero-order chi connectivity index (χ0) is 10.7. The van der Waals surface area contributed by atoms with E-state index in [1.54, 1.807) is 6.92 Å². The molecule has 1 atom stereocenters. The van der Waals surface area contributed by atoms with Gasteiger partial charge in [0.05, 0.1) is 0 Å². The molecule has 0 aliphatic carbocycles. The molecule has 0 saturated heterocycles. The molecule has 0 unspecified atom stereocenters. The minimum Gasteiger partial charge on any atom is -0.459 e. The molecule has 0 aromatic rings. The van der Waals surface area contributed by atoms with Gasteiger partial charge in [-0.1, -0.05) is 13.3 Å². The molecule has 0 aliphatic heterocycles. The van der Waals surface area contributed by atoms with E-state index in [9.17, 15) is 4.79 Å². The Kier molecular flexibility index (Phi) is 6.42. The maximum atomic E-state index is 11.5. The highest BCUT2D eigenvalue weighted by Gasteiger charge is 2.31. The second-order valence-electron chi connectivity index (χ2n) is 4.67. The van der Waals surface area contributed by atoms with Crippen molar-refractivity contribution in [2.45, 2.75) is 58.6 Å². The Balaban J connectivity index is 0. The van der Waals surface area contributed by atoms with Crippen LogP contribution >= 0.6 is 12.4 Å². The van der Waals surface area contributed by atoms with E-state index in [1.807, 2.05) is 27.7 Å². The first kappa shape index (κ1) is 16.2. The van der Waals surface area contributed by atoms with E-state index in [1.165, 1.54) is 0 Å². The van der Waals surface area contributed by atoms with Crippen LogP contribution in [-0.4, -0.2) is 17.1 Å². The van der Waals surface area contributed by atoms with Gasteiger partial charge in [-0.2, -0.15) is 0 Å². The molecule has 86 valence electrons. The molecule has 4 heteroatoms. The van der Waals surface area contributed by atoms with Crippen molar-refractivity contribution < 1.29 is 9.53 Å². The van der Waals surface area contributed by atoms with Crippen molar-refractivity contribution in [3.8, 4) is 0 Å². The Morgan fingerprint density at radius 1 is 1.29 bits per heavy atom. The summed E-state index contributed by atoms with van der Waals surface area (Å²) >= 11 is 0. The highest BCUT2D eigenvalue weighted by atomic mass is 35.5. The molecule has 0 spiro atoms. The van der Waals surface area contributed by atoms with E-state index in [2.05, 4.69) is 0 Å². The molecular formula is C10H22ClNO2. The Bertz CT molecular complexity index is 185. The van der Waals surface area contributed by atoms with Gasteiger partial charge in [0.25, 0.3) is 0 Å². The fraction of sp³-hybridized carbons (Fsp3) is 0.900. The van der Waals surface area contributed by atoms with Crippen LogP contribution in [0, 0.1) is 0 Å². The van der Waals surface area contributed by atoms with E-state index in [0.29, 0.717) is 6.42 Å². The SMILES string of the molecule is CCC[C@@](C)(N)C(=O)OC(C)(C)C.Cl. The van der Waals surface area contributed by atoms with E-state index in [0.717, 1.165) is 6.42 Å². The maximum absolute atomic E-state index is 11.5. The predicted octanol–water partition coefficient (Wildman–Crippen LogP) is 2.27. The molecule has 14 heavy (non-hydrogen) atoms. The van der Waals surface area contributed by atoms with Gasteiger partial charge in [0.15, 0.2) is 0 Å². The monoisotopic (exact) mass is 223 g/mol. The second kappa shape index (κ2) is 5.56. The zero-order valence-electron chi connectivity index (χ0n) is 9.72. The molecular weight excluding hydrogens is 202 g/mol. The van der Waals surface area contributed by atoms with Crippen molar-refractivity contribution in [2.24, 2.45) is 5.73 Å². The molecule has 0 fully saturated rings. The number of carbonyl (C=O) groups is 1. The molecule has 0 rings (SSSR count). The van der Waals surface area contributed by atoms with Gasteiger partial charge in [0.2, 0.25) is 0 Å². The average molecular weight is 224 g/mol. The van der Waals surface area contributed by atoms with Crippen LogP contribution in [-0.2, 0) is 9.53 Å². The largest absolute Gasteiger partial charge is 0.459 e. The summed E-state index contributed by atoms with van der Waals surface area (Å²) in [5, 5.41) is 0. The van der Waals surface area contributed by atoms with Crippen LogP contribution in [0.25, 0.3) is 0 Å². The van der Waals surface area contributed by atoms with E-state index in [-0.39, 0.29) is 18.4 Å². The Hall–Kier alpha value is -0.280. The zero-order valence-corrected chi connectivity index (χ0v) is 10.5. The average Bonchev–Trinajstić information content (AvgIpc) is 1.82. The number of carbonyl (C=O) groups excluding carboxylic acids is 1. The summed E-state index contributed by atoms with van der Waals surface area (Å²) in [7, 11) is 0. The van der Waals surface area contributed by atoms with Crippen LogP contribution in [0.2, 0.25) is 0 Å². The first-order chi connectivity index (χ1) is 5.69. The molecule has 0 heterocycles. The van der Waals surface area contributed by atoms with Gasteiger partial charge in [0.1, 0.15) is 11.1 Å². The topological polar surface area (TPSA) is 52.3 Å². The summed E-state index contributed by atoms with van der Waals surface area (Å²) in [5.74, 6) is -0.318. The summed E-state index contributed by atoms with van der Waals surface area (Å²) in [6, 6.07) is 0. The molecule has 0 aromatic heterocycles. The third-order valence-electron chi connectivity index (χ3n) is 1.63. The summed E-state index contributed by atoms with van der Waals surface area (Å²) in [6.07, 6.45) is 1.54. The van der Waals surface area contributed by atoms with Crippen LogP contribution in [0.15, 0.2) is 0 Å². The van der Waals surface area contributed by atoms with Crippen LogP contribution in [0.1, 0.15) is 47.5 Å². The number of esters is 1. The van der Waals surface area contributed by atoms with Gasteiger partial charge in [-0.25, -0.2) is 0 Å². The lowest BCUT2D eigenvalue weighted by Gasteiger charge is -2.27. The summed E-state index contributed by atoms with van der Waals surface area (Å²) in [5.41, 5.74) is 4.51. The fourth-order valence-electron chi connectivity index (χ4n) is 1.02. The lowest BCUT2D eigenvalue weighted by Crippen LogP contribution is -2.48. The summed E-state index contributed by atoms with van der Waals surface area (Å²) in [4.78, 5) is 11.5. The van der Waals surface area contributed by atoms with Gasteiger partial charge < -0.3 is 10.5 Å². The predicted molar refractivity (Wildman–Crippen MR) is 60.6 cm³/mol. The summed E-state index contributed by atoms with van der Waals surface area (Å²) < 4.78 is 5.19. The lowest BCUT2D eigenvalue weighted by atomic mass is 9.97. The second-order valence-corrected chi connectivity index (χ2v) is 4.67. The Labute approximate surface area is 92.8 Å². The summed E-state index contributed by atoms with van der Waals surface area (Å²) in [6.45, 7) is 9.23. The van der Waals surface area contributed by atoms with Crippen molar-refractivity contribution in [2.75, 3.05) is 0 Å². The minimum absolute atomic E-state index is 0. The number of nitrogens with two attached hydrogens (primary N) is 1. The Morgan fingerprint density at radius 3 is 2.00 bits per heavy atom. The first-order valence-corrected chi connectivity index (χ1v) is 4.71.